The number of carbonyl (C=O) groups excluding carboxylic acids is 2. The number of ketones is 1. The van der Waals surface area contributed by atoms with Crippen LogP contribution >= 0.6 is 0 Å². The minimum atomic E-state index is -0.586. The maximum Gasteiger partial charge on any atom is 0.274 e. The maximum absolute atomic E-state index is 12.6. The summed E-state index contributed by atoms with van der Waals surface area (Å²) in [7, 11) is 0. The molecule has 0 aliphatic carbocycles. The van der Waals surface area contributed by atoms with Crippen LogP contribution in [0.3, 0.4) is 0 Å². The Morgan fingerprint density at radius 3 is 1.76 bits per heavy atom. The first-order valence-electron chi connectivity index (χ1n) is 10.3. The number of aryl methyl sites for hydroxylation is 1. The van der Waals surface area contributed by atoms with Crippen LogP contribution in [-0.4, -0.2) is 33.3 Å². The van der Waals surface area contributed by atoms with Gasteiger partial charge in [0.05, 0.1) is 0 Å². The third kappa shape index (κ3) is 5.71. The maximum atomic E-state index is 12.6. The minimum absolute atomic E-state index is 0.0313. The van der Waals surface area contributed by atoms with Crippen molar-refractivity contribution in [3.63, 3.8) is 0 Å². The van der Waals surface area contributed by atoms with E-state index < -0.39 is 5.91 Å². The van der Waals surface area contributed by atoms with E-state index in [2.05, 4.69) is 15.3 Å². The molecule has 0 atom stereocenters. The largest absolute Gasteiger partial charge is 0.384 e. The molecule has 0 fully saturated rings. The minimum Gasteiger partial charge on any atom is -0.384 e. The molecule has 1 heterocycles. The smallest absolute Gasteiger partial charge is 0.274 e. The number of hydrogen-bond acceptors (Lipinski definition) is 8. The van der Waals surface area contributed by atoms with E-state index in [1.54, 1.807) is 48.5 Å². The summed E-state index contributed by atoms with van der Waals surface area (Å²) in [4.78, 5) is 33.2. The van der Waals surface area contributed by atoms with Gasteiger partial charge in [0.2, 0.25) is 0 Å². The lowest BCUT2D eigenvalue weighted by atomic mass is 10.0. The standard InChI is InChI=1S/C23H25N9O2/c24-19(25)14-6-1-12(2-7-14)5-10-16(33)17-21(28)32-18(22(29)31-17)23(34)30-11-13-3-8-15(9-4-13)20(26)27/h1-4,6-9H,5,10-11H2,(H3,24,25)(H3,26,27)(H2,28,32)(H2,29,31)(H,30,34). The molecule has 0 spiro atoms. The Hall–Kier alpha value is -4.80. The summed E-state index contributed by atoms with van der Waals surface area (Å²) in [5.41, 5.74) is 25.2. The number of nitrogens with zero attached hydrogens (tertiary/aromatic N) is 2. The fraction of sp³-hybridized carbons (Fsp3) is 0.130. The topological polar surface area (TPSA) is 224 Å². The van der Waals surface area contributed by atoms with E-state index in [4.69, 9.17) is 33.8 Å². The number of amides is 1. The highest BCUT2D eigenvalue weighted by atomic mass is 16.2. The van der Waals surface area contributed by atoms with Crippen LogP contribution in [0.1, 0.15) is 49.7 Å². The van der Waals surface area contributed by atoms with Gasteiger partial charge in [0.25, 0.3) is 5.91 Å². The van der Waals surface area contributed by atoms with Gasteiger partial charge < -0.3 is 28.3 Å². The summed E-state index contributed by atoms with van der Waals surface area (Å²) in [6.45, 7) is 0.182. The first kappa shape index (κ1) is 23.9. The zero-order valence-electron chi connectivity index (χ0n) is 18.3. The summed E-state index contributed by atoms with van der Waals surface area (Å²) in [5, 5.41) is 17.5. The molecular formula is C23H25N9O2. The third-order valence-corrected chi connectivity index (χ3v) is 5.05. The number of aromatic nitrogens is 2. The lowest BCUT2D eigenvalue weighted by Crippen LogP contribution is -2.26. The predicted molar refractivity (Wildman–Crippen MR) is 130 cm³/mol. The van der Waals surface area contributed by atoms with Crippen LogP contribution < -0.4 is 28.3 Å². The molecule has 1 amide bonds. The number of nitrogens with one attached hydrogen (secondary N) is 3. The van der Waals surface area contributed by atoms with E-state index in [0.717, 1.165) is 11.1 Å². The van der Waals surface area contributed by atoms with Crippen LogP contribution in [-0.2, 0) is 13.0 Å². The van der Waals surface area contributed by atoms with Crippen LogP contribution in [0, 0.1) is 10.8 Å². The van der Waals surface area contributed by atoms with Crippen LogP contribution in [0.5, 0.6) is 0 Å². The molecule has 34 heavy (non-hydrogen) atoms. The van der Waals surface area contributed by atoms with Crippen molar-refractivity contribution in [3.8, 4) is 0 Å². The summed E-state index contributed by atoms with van der Waals surface area (Å²) in [5.74, 6) is -1.40. The molecule has 3 rings (SSSR count). The fourth-order valence-corrected chi connectivity index (χ4v) is 3.13. The monoisotopic (exact) mass is 459 g/mol. The Morgan fingerprint density at radius 1 is 0.765 bits per heavy atom. The van der Waals surface area contributed by atoms with Gasteiger partial charge in [0, 0.05) is 24.1 Å². The van der Waals surface area contributed by atoms with Crippen molar-refractivity contribution in [1.82, 2.24) is 15.3 Å². The molecule has 0 bridgehead atoms. The number of amidine groups is 2. The van der Waals surface area contributed by atoms with Crippen molar-refractivity contribution in [3.05, 3.63) is 82.2 Å². The van der Waals surface area contributed by atoms with Crippen molar-refractivity contribution in [1.29, 1.82) is 10.8 Å². The highest BCUT2D eigenvalue weighted by Gasteiger charge is 2.20. The van der Waals surface area contributed by atoms with Gasteiger partial charge in [-0.1, -0.05) is 48.5 Å². The molecule has 0 aliphatic heterocycles. The molecule has 0 saturated carbocycles. The highest BCUT2D eigenvalue weighted by Crippen LogP contribution is 2.17. The zero-order chi connectivity index (χ0) is 24.8. The van der Waals surface area contributed by atoms with Crippen molar-refractivity contribution in [2.24, 2.45) is 11.5 Å². The van der Waals surface area contributed by atoms with Gasteiger partial charge in [-0.3, -0.25) is 20.4 Å². The third-order valence-electron chi connectivity index (χ3n) is 5.05. The number of Topliss-reactive ketones (excluding diaryl/α,β-unsaturated/α-hetero) is 1. The van der Waals surface area contributed by atoms with Crippen molar-refractivity contribution < 1.29 is 9.59 Å². The van der Waals surface area contributed by atoms with Gasteiger partial charge in [-0.15, -0.1) is 0 Å². The molecule has 0 aliphatic rings. The van der Waals surface area contributed by atoms with Gasteiger partial charge in [-0.05, 0) is 17.5 Å². The van der Waals surface area contributed by atoms with E-state index in [1.165, 1.54) is 0 Å². The number of nitrogens with two attached hydrogens (primary N) is 4. The molecule has 0 unspecified atom stereocenters. The number of anilines is 2. The molecule has 0 saturated heterocycles. The van der Waals surface area contributed by atoms with Crippen LogP contribution in [0.2, 0.25) is 0 Å². The number of rotatable bonds is 9. The molecule has 174 valence electrons. The number of hydrogen-bond donors (Lipinski definition) is 7. The quantitative estimate of drug-likeness (QED) is 0.138. The molecular weight excluding hydrogens is 434 g/mol. The van der Waals surface area contributed by atoms with Gasteiger partial charge >= 0.3 is 0 Å². The van der Waals surface area contributed by atoms with Crippen LogP contribution in [0.15, 0.2) is 48.5 Å². The van der Waals surface area contributed by atoms with Gasteiger partial charge in [0.1, 0.15) is 11.7 Å². The lowest BCUT2D eigenvalue weighted by molar-refractivity contribution is 0.0941. The Kier molecular flexibility index (Phi) is 7.16. The fourth-order valence-electron chi connectivity index (χ4n) is 3.13. The Bertz CT molecular complexity index is 1150. The summed E-state index contributed by atoms with van der Waals surface area (Å²) >= 11 is 0. The summed E-state index contributed by atoms with van der Waals surface area (Å²) in [6.07, 6.45) is 0.530. The zero-order valence-corrected chi connectivity index (χ0v) is 18.3. The Morgan fingerprint density at radius 2 is 1.24 bits per heavy atom. The molecule has 11 nitrogen and oxygen atoms in total. The Balaban J connectivity index is 1.63. The molecule has 11 N–H and O–H groups in total. The van der Waals surface area contributed by atoms with E-state index in [9.17, 15) is 9.59 Å². The normalized spacial score (nSPS) is 10.5. The molecule has 3 aromatic rings. The van der Waals surface area contributed by atoms with E-state index in [-0.39, 0.29) is 53.4 Å². The molecule has 2 aromatic carbocycles. The SMILES string of the molecule is N=C(N)c1ccc(CCC(=O)c2nc(N)c(C(=O)NCc3ccc(C(=N)N)cc3)nc2N)cc1. The second-order valence-electron chi connectivity index (χ2n) is 7.52. The first-order chi connectivity index (χ1) is 16.2. The second kappa shape index (κ2) is 10.2. The van der Waals surface area contributed by atoms with E-state index in [1.807, 2.05) is 0 Å². The van der Waals surface area contributed by atoms with Gasteiger partial charge in [-0.2, -0.15) is 0 Å². The average molecular weight is 460 g/mol. The predicted octanol–water partition coefficient (Wildman–Crippen LogP) is 0.955. The van der Waals surface area contributed by atoms with Crippen molar-refractivity contribution >= 4 is 35.0 Å². The van der Waals surface area contributed by atoms with Gasteiger partial charge in [-0.25, -0.2) is 9.97 Å². The first-order valence-corrected chi connectivity index (χ1v) is 10.3. The molecule has 11 heteroatoms. The second-order valence-corrected chi connectivity index (χ2v) is 7.52. The highest BCUT2D eigenvalue weighted by molar-refractivity contribution is 6.02. The summed E-state index contributed by atoms with van der Waals surface area (Å²) in [6, 6.07) is 13.8. The molecule has 1 aromatic heterocycles. The number of nitrogen functional groups attached to an aromatic ring is 4. The lowest BCUT2D eigenvalue weighted by Gasteiger charge is -2.10. The summed E-state index contributed by atoms with van der Waals surface area (Å²) < 4.78 is 0. The number of carbonyl (C=O) groups is 2. The average Bonchev–Trinajstić information content (AvgIpc) is 2.82. The van der Waals surface area contributed by atoms with Crippen LogP contribution in [0.25, 0.3) is 0 Å². The van der Waals surface area contributed by atoms with Crippen molar-refractivity contribution in [2.45, 2.75) is 19.4 Å². The van der Waals surface area contributed by atoms with E-state index in [0.29, 0.717) is 17.5 Å². The van der Waals surface area contributed by atoms with Crippen molar-refractivity contribution in [2.75, 3.05) is 11.5 Å². The Labute approximate surface area is 195 Å². The number of benzene rings is 2. The van der Waals surface area contributed by atoms with Crippen LogP contribution in [0.4, 0.5) is 11.6 Å². The van der Waals surface area contributed by atoms with Gasteiger partial charge in [0.15, 0.2) is 28.8 Å². The molecule has 0 radical (unpaired) electrons. The van der Waals surface area contributed by atoms with E-state index >= 15 is 0 Å².